The summed E-state index contributed by atoms with van der Waals surface area (Å²) < 4.78 is 0. The Kier molecular flexibility index (Phi) is 10.2. The second-order valence-corrected chi connectivity index (χ2v) is 8.03. The molecule has 156 valence electrons. The highest BCUT2D eigenvalue weighted by atomic mass is 127. The molecule has 0 spiro atoms. The molecule has 1 saturated heterocycles. The minimum atomic E-state index is 0. The maximum atomic E-state index is 12.3. The summed E-state index contributed by atoms with van der Waals surface area (Å²) in [5.74, 6) is 1.71. The predicted octanol–water partition coefficient (Wildman–Crippen LogP) is 2.44. The zero-order valence-corrected chi connectivity index (χ0v) is 19.2. The minimum absolute atomic E-state index is 0. The van der Waals surface area contributed by atoms with Crippen molar-refractivity contribution in [1.29, 1.82) is 0 Å². The van der Waals surface area contributed by atoms with Crippen LogP contribution in [0.4, 0.5) is 0 Å². The summed E-state index contributed by atoms with van der Waals surface area (Å²) in [6.45, 7) is 8.57. The molecule has 0 aromatic carbocycles. The average molecular weight is 491 g/mol. The van der Waals surface area contributed by atoms with Crippen LogP contribution in [0.1, 0.15) is 58.3 Å². The van der Waals surface area contributed by atoms with Crippen LogP contribution in [-0.2, 0) is 4.79 Å². The topological polar surface area (TPSA) is 60.0 Å². The second-order valence-electron chi connectivity index (χ2n) is 8.03. The van der Waals surface area contributed by atoms with Gasteiger partial charge in [0, 0.05) is 51.2 Å². The first-order valence-electron chi connectivity index (χ1n) is 10.8. The summed E-state index contributed by atoms with van der Waals surface area (Å²) >= 11 is 0. The largest absolute Gasteiger partial charge is 0.357 e. The van der Waals surface area contributed by atoms with E-state index in [2.05, 4.69) is 27.4 Å². The molecular weight excluding hydrogens is 453 g/mol. The summed E-state index contributed by atoms with van der Waals surface area (Å²) in [5.41, 5.74) is 0. The first-order valence-corrected chi connectivity index (χ1v) is 10.8. The summed E-state index contributed by atoms with van der Waals surface area (Å²) in [7, 11) is 0. The molecule has 3 aliphatic rings. The standard InChI is InChI=1S/C20H37N5O.HI/c1-2-21-20(23-18-9-4-3-5-10-18)22-11-12-24-13-15-25(16-14-24)19(26)17-7-6-8-17;/h17-18H,2-16H2,1H3,(H2,21,22,23);1H. The van der Waals surface area contributed by atoms with E-state index in [0.29, 0.717) is 17.9 Å². The molecular formula is C20H38IN5O. The molecule has 1 heterocycles. The Morgan fingerprint density at radius 1 is 1.00 bits per heavy atom. The lowest BCUT2D eigenvalue weighted by Gasteiger charge is -2.38. The van der Waals surface area contributed by atoms with Crippen LogP contribution in [0, 0.1) is 5.92 Å². The van der Waals surface area contributed by atoms with Gasteiger partial charge in [-0.05, 0) is 32.6 Å². The lowest BCUT2D eigenvalue weighted by atomic mass is 9.84. The van der Waals surface area contributed by atoms with E-state index in [0.717, 1.165) is 64.6 Å². The van der Waals surface area contributed by atoms with E-state index in [9.17, 15) is 4.79 Å². The Labute approximate surface area is 181 Å². The molecule has 0 unspecified atom stereocenters. The van der Waals surface area contributed by atoms with Gasteiger partial charge < -0.3 is 15.5 Å². The van der Waals surface area contributed by atoms with E-state index < -0.39 is 0 Å². The molecule has 0 atom stereocenters. The number of amides is 1. The van der Waals surface area contributed by atoms with Crippen molar-refractivity contribution >= 4 is 35.8 Å². The van der Waals surface area contributed by atoms with E-state index in [4.69, 9.17) is 4.99 Å². The number of halogens is 1. The Morgan fingerprint density at radius 2 is 1.70 bits per heavy atom. The highest BCUT2D eigenvalue weighted by Gasteiger charge is 2.30. The van der Waals surface area contributed by atoms with Crippen molar-refractivity contribution in [3.63, 3.8) is 0 Å². The number of hydrogen-bond acceptors (Lipinski definition) is 3. The Hall–Kier alpha value is -0.570. The van der Waals surface area contributed by atoms with Gasteiger partial charge in [0.2, 0.25) is 5.91 Å². The van der Waals surface area contributed by atoms with Crippen molar-refractivity contribution in [1.82, 2.24) is 20.4 Å². The SMILES string of the molecule is CCNC(=NCCN1CCN(C(=O)C2CCC2)CC1)NC1CCCCC1.I. The average Bonchev–Trinajstić information content (AvgIpc) is 2.62. The third kappa shape index (κ3) is 7.07. The van der Waals surface area contributed by atoms with Crippen LogP contribution in [0.5, 0.6) is 0 Å². The van der Waals surface area contributed by atoms with Crippen molar-refractivity contribution in [2.24, 2.45) is 10.9 Å². The molecule has 1 amide bonds. The van der Waals surface area contributed by atoms with Gasteiger partial charge in [0.1, 0.15) is 0 Å². The van der Waals surface area contributed by atoms with Crippen LogP contribution in [0.2, 0.25) is 0 Å². The lowest BCUT2D eigenvalue weighted by molar-refractivity contribution is -0.139. The smallest absolute Gasteiger partial charge is 0.225 e. The van der Waals surface area contributed by atoms with Gasteiger partial charge in [-0.15, -0.1) is 24.0 Å². The number of guanidine groups is 1. The number of aliphatic imine (C=N–C) groups is 1. The van der Waals surface area contributed by atoms with Gasteiger partial charge >= 0.3 is 0 Å². The molecule has 0 aromatic heterocycles. The van der Waals surface area contributed by atoms with Crippen molar-refractivity contribution in [3.05, 3.63) is 0 Å². The van der Waals surface area contributed by atoms with Gasteiger partial charge in [0.05, 0.1) is 6.54 Å². The van der Waals surface area contributed by atoms with Crippen molar-refractivity contribution in [2.75, 3.05) is 45.8 Å². The van der Waals surface area contributed by atoms with Gasteiger partial charge in [-0.25, -0.2) is 0 Å². The van der Waals surface area contributed by atoms with Crippen LogP contribution in [0.25, 0.3) is 0 Å². The summed E-state index contributed by atoms with van der Waals surface area (Å²) in [6, 6.07) is 0.586. The third-order valence-corrected chi connectivity index (χ3v) is 6.11. The summed E-state index contributed by atoms with van der Waals surface area (Å²) in [4.78, 5) is 21.6. The van der Waals surface area contributed by atoms with Gasteiger partial charge in [0.25, 0.3) is 0 Å². The van der Waals surface area contributed by atoms with Gasteiger partial charge in [0.15, 0.2) is 5.96 Å². The lowest BCUT2D eigenvalue weighted by Crippen LogP contribution is -2.51. The number of carbonyl (C=O) groups excluding carboxylic acids is 1. The van der Waals surface area contributed by atoms with E-state index >= 15 is 0 Å². The van der Waals surface area contributed by atoms with E-state index in [1.807, 2.05) is 0 Å². The van der Waals surface area contributed by atoms with Crippen molar-refractivity contribution in [3.8, 4) is 0 Å². The fourth-order valence-corrected chi connectivity index (χ4v) is 4.17. The first-order chi connectivity index (χ1) is 12.8. The van der Waals surface area contributed by atoms with Gasteiger partial charge in [-0.3, -0.25) is 14.7 Å². The molecule has 7 heteroatoms. The quantitative estimate of drug-likeness (QED) is 0.341. The number of nitrogens with zero attached hydrogens (tertiary/aromatic N) is 3. The second kappa shape index (κ2) is 12.1. The van der Waals surface area contributed by atoms with Gasteiger partial charge in [-0.1, -0.05) is 25.7 Å². The van der Waals surface area contributed by atoms with Crippen LogP contribution < -0.4 is 10.6 Å². The molecule has 27 heavy (non-hydrogen) atoms. The third-order valence-electron chi connectivity index (χ3n) is 6.11. The highest BCUT2D eigenvalue weighted by molar-refractivity contribution is 14.0. The molecule has 2 aliphatic carbocycles. The fourth-order valence-electron chi connectivity index (χ4n) is 4.17. The van der Waals surface area contributed by atoms with Crippen LogP contribution in [0.3, 0.4) is 0 Å². The maximum absolute atomic E-state index is 12.3. The Morgan fingerprint density at radius 3 is 2.30 bits per heavy atom. The molecule has 2 N–H and O–H groups in total. The number of rotatable bonds is 6. The number of nitrogens with one attached hydrogen (secondary N) is 2. The number of hydrogen-bond donors (Lipinski definition) is 2. The maximum Gasteiger partial charge on any atom is 0.225 e. The zero-order chi connectivity index (χ0) is 18.2. The van der Waals surface area contributed by atoms with E-state index in [1.165, 1.54) is 38.5 Å². The van der Waals surface area contributed by atoms with Crippen LogP contribution >= 0.6 is 24.0 Å². The molecule has 0 radical (unpaired) electrons. The van der Waals surface area contributed by atoms with E-state index in [-0.39, 0.29) is 24.0 Å². The molecule has 2 saturated carbocycles. The zero-order valence-electron chi connectivity index (χ0n) is 16.9. The molecule has 6 nitrogen and oxygen atoms in total. The van der Waals surface area contributed by atoms with Crippen molar-refractivity contribution < 1.29 is 4.79 Å². The monoisotopic (exact) mass is 491 g/mol. The molecule has 3 fully saturated rings. The molecule has 0 bridgehead atoms. The predicted molar refractivity (Wildman–Crippen MR) is 122 cm³/mol. The van der Waals surface area contributed by atoms with Crippen molar-refractivity contribution in [2.45, 2.75) is 64.3 Å². The highest BCUT2D eigenvalue weighted by Crippen LogP contribution is 2.28. The fraction of sp³-hybridized carbons (Fsp3) is 0.900. The van der Waals surface area contributed by atoms with Crippen LogP contribution in [-0.4, -0.2) is 73.5 Å². The molecule has 0 aromatic rings. The summed E-state index contributed by atoms with van der Waals surface area (Å²) in [5, 5.41) is 6.99. The molecule has 3 rings (SSSR count). The number of piperazine rings is 1. The Balaban J connectivity index is 0.00000261. The van der Waals surface area contributed by atoms with Gasteiger partial charge in [-0.2, -0.15) is 0 Å². The molecule has 1 aliphatic heterocycles. The normalized spacial score (nSPS) is 22.7. The minimum Gasteiger partial charge on any atom is -0.357 e. The first kappa shape index (κ1) is 22.7. The summed E-state index contributed by atoms with van der Waals surface area (Å²) in [6.07, 6.45) is 10.0. The van der Waals surface area contributed by atoms with E-state index in [1.54, 1.807) is 0 Å². The van der Waals surface area contributed by atoms with Crippen LogP contribution in [0.15, 0.2) is 4.99 Å². The number of carbonyl (C=O) groups is 1. The Bertz CT molecular complexity index is 469.